The summed E-state index contributed by atoms with van der Waals surface area (Å²) in [5, 5.41) is 10.4. The molecule has 1 atom stereocenters. The van der Waals surface area contributed by atoms with Gasteiger partial charge in [-0.15, -0.1) is 0 Å². The molecule has 0 saturated heterocycles. The Balaban J connectivity index is 2.16. The van der Waals surface area contributed by atoms with Crippen molar-refractivity contribution in [2.24, 2.45) is 5.73 Å². The second-order valence-corrected chi connectivity index (χ2v) is 5.65. The Morgan fingerprint density at radius 3 is 3.00 bits per heavy atom. The largest absolute Gasteiger partial charge is 0.348 e. The van der Waals surface area contributed by atoms with Crippen molar-refractivity contribution in [1.29, 1.82) is 0 Å². The van der Waals surface area contributed by atoms with Crippen LogP contribution in [0.25, 0.3) is 11.3 Å². The highest BCUT2D eigenvalue weighted by atomic mass is 35.5. The first-order valence-electron chi connectivity index (χ1n) is 7.46. The number of carbonyl (C=O) groups excluding carboxylic acids is 1. The molecule has 0 bridgehead atoms. The Labute approximate surface area is 135 Å². The standard InChI is InChI=1S/C16H21ClN4O/c1-2-3-7-13(9-18)20-16(22)14-10-19-21-15(14)11-5-4-6-12(17)8-11/h4-6,8,10,13H,2-3,7,9,18H2,1H3,(H,19,21)(H,20,22). The third-order valence-corrected chi connectivity index (χ3v) is 3.76. The molecule has 1 heterocycles. The minimum absolute atomic E-state index is 0.0189. The fraction of sp³-hybridized carbons (Fsp3) is 0.375. The SMILES string of the molecule is CCCCC(CN)NC(=O)c1cn[nH]c1-c1cccc(Cl)c1. The first kappa shape index (κ1) is 16.5. The molecule has 118 valence electrons. The fourth-order valence-corrected chi connectivity index (χ4v) is 2.48. The van der Waals surface area contributed by atoms with Crippen molar-refractivity contribution in [2.75, 3.05) is 6.54 Å². The number of hydrogen-bond acceptors (Lipinski definition) is 3. The zero-order chi connectivity index (χ0) is 15.9. The molecule has 2 rings (SSSR count). The van der Waals surface area contributed by atoms with Crippen molar-refractivity contribution < 1.29 is 4.79 Å². The molecule has 2 aromatic rings. The number of nitrogens with two attached hydrogens (primary N) is 1. The van der Waals surface area contributed by atoms with E-state index >= 15 is 0 Å². The van der Waals surface area contributed by atoms with E-state index in [0.717, 1.165) is 24.8 Å². The van der Waals surface area contributed by atoms with E-state index in [0.29, 0.717) is 22.8 Å². The van der Waals surface area contributed by atoms with Gasteiger partial charge in [-0.25, -0.2) is 0 Å². The van der Waals surface area contributed by atoms with Gasteiger partial charge in [0, 0.05) is 23.2 Å². The van der Waals surface area contributed by atoms with E-state index in [-0.39, 0.29) is 11.9 Å². The molecule has 1 aromatic carbocycles. The molecule has 0 radical (unpaired) electrons. The highest BCUT2D eigenvalue weighted by molar-refractivity contribution is 6.30. The summed E-state index contributed by atoms with van der Waals surface area (Å²) < 4.78 is 0. The lowest BCUT2D eigenvalue weighted by molar-refractivity contribution is 0.0936. The zero-order valence-corrected chi connectivity index (χ0v) is 13.4. The monoisotopic (exact) mass is 320 g/mol. The number of rotatable bonds is 7. The predicted molar refractivity (Wildman–Crippen MR) is 88.9 cm³/mol. The maximum atomic E-state index is 12.5. The number of halogens is 1. The first-order valence-corrected chi connectivity index (χ1v) is 7.83. The number of nitrogens with one attached hydrogen (secondary N) is 2. The van der Waals surface area contributed by atoms with Crippen molar-refractivity contribution in [3.8, 4) is 11.3 Å². The van der Waals surface area contributed by atoms with Gasteiger partial charge in [-0.3, -0.25) is 9.89 Å². The van der Waals surface area contributed by atoms with Crippen molar-refractivity contribution in [1.82, 2.24) is 15.5 Å². The topological polar surface area (TPSA) is 83.8 Å². The summed E-state index contributed by atoms with van der Waals surface area (Å²) in [6.45, 7) is 2.54. The van der Waals surface area contributed by atoms with Crippen LogP contribution in [0.15, 0.2) is 30.5 Å². The maximum Gasteiger partial charge on any atom is 0.255 e. The number of hydrogen-bond donors (Lipinski definition) is 3. The van der Waals surface area contributed by atoms with Gasteiger partial charge >= 0.3 is 0 Å². The van der Waals surface area contributed by atoms with Gasteiger partial charge in [-0.1, -0.05) is 43.5 Å². The van der Waals surface area contributed by atoms with Crippen molar-refractivity contribution in [3.63, 3.8) is 0 Å². The van der Waals surface area contributed by atoms with Gasteiger partial charge in [0.1, 0.15) is 0 Å². The lowest BCUT2D eigenvalue weighted by Crippen LogP contribution is -2.40. The lowest BCUT2D eigenvalue weighted by Gasteiger charge is -2.16. The van der Waals surface area contributed by atoms with Crippen LogP contribution in [-0.2, 0) is 0 Å². The van der Waals surface area contributed by atoms with Crippen LogP contribution in [0.1, 0.15) is 36.5 Å². The molecule has 1 amide bonds. The van der Waals surface area contributed by atoms with Crippen LogP contribution < -0.4 is 11.1 Å². The van der Waals surface area contributed by atoms with E-state index < -0.39 is 0 Å². The summed E-state index contributed by atoms with van der Waals surface area (Å²) in [4.78, 5) is 12.5. The van der Waals surface area contributed by atoms with Gasteiger partial charge in [0.2, 0.25) is 0 Å². The molecule has 6 heteroatoms. The van der Waals surface area contributed by atoms with Gasteiger partial charge in [-0.05, 0) is 18.6 Å². The zero-order valence-electron chi connectivity index (χ0n) is 12.6. The molecule has 1 unspecified atom stereocenters. The van der Waals surface area contributed by atoms with Crippen LogP contribution in [0.3, 0.4) is 0 Å². The number of amides is 1. The lowest BCUT2D eigenvalue weighted by atomic mass is 10.1. The summed E-state index contributed by atoms with van der Waals surface area (Å²) in [6.07, 6.45) is 4.52. The van der Waals surface area contributed by atoms with Gasteiger partial charge in [-0.2, -0.15) is 5.10 Å². The number of benzene rings is 1. The molecule has 0 spiro atoms. The quantitative estimate of drug-likeness (QED) is 0.733. The third kappa shape index (κ3) is 4.08. The van der Waals surface area contributed by atoms with E-state index in [4.69, 9.17) is 17.3 Å². The molecule has 4 N–H and O–H groups in total. The second kappa shape index (κ2) is 7.96. The van der Waals surface area contributed by atoms with Crippen LogP contribution in [0.4, 0.5) is 0 Å². The Morgan fingerprint density at radius 1 is 1.50 bits per heavy atom. The number of unbranched alkanes of at least 4 members (excludes halogenated alkanes) is 1. The summed E-state index contributed by atoms with van der Waals surface area (Å²) in [5.74, 6) is -0.171. The highest BCUT2D eigenvalue weighted by Gasteiger charge is 2.18. The smallest absolute Gasteiger partial charge is 0.255 e. The average molecular weight is 321 g/mol. The van der Waals surface area contributed by atoms with Gasteiger partial charge in [0.05, 0.1) is 17.5 Å². The first-order chi connectivity index (χ1) is 10.7. The number of aromatic amines is 1. The molecule has 1 aromatic heterocycles. The molecule has 0 fully saturated rings. The van der Waals surface area contributed by atoms with Crippen LogP contribution in [0.5, 0.6) is 0 Å². The van der Waals surface area contributed by atoms with E-state index in [1.54, 1.807) is 12.1 Å². The summed E-state index contributed by atoms with van der Waals surface area (Å²) >= 11 is 6.01. The van der Waals surface area contributed by atoms with Crippen molar-refractivity contribution >= 4 is 17.5 Å². The van der Waals surface area contributed by atoms with Crippen LogP contribution in [0, 0.1) is 0 Å². The second-order valence-electron chi connectivity index (χ2n) is 5.22. The molecule has 0 aliphatic heterocycles. The van der Waals surface area contributed by atoms with E-state index in [1.807, 2.05) is 12.1 Å². The maximum absolute atomic E-state index is 12.5. The molecular formula is C16H21ClN4O. The number of nitrogens with zero attached hydrogens (tertiary/aromatic N) is 1. The van der Waals surface area contributed by atoms with E-state index in [9.17, 15) is 4.79 Å². The summed E-state index contributed by atoms with van der Waals surface area (Å²) in [7, 11) is 0. The number of H-pyrrole nitrogens is 1. The van der Waals surface area contributed by atoms with Crippen LogP contribution in [0.2, 0.25) is 5.02 Å². The van der Waals surface area contributed by atoms with Gasteiger partial charge < -0.3 is 11.1 Å². The Hall–Kier alpha value is -1.85. The van der Waals surface area contributed by atoms with E-state index in [1.165, 1.54) is 6.20 Å². The van der Waals surface area contributed by atoms with Gasteiger partial charge in [0.25, 0.3) is 5.91 Å². The number of carbonyl (C=O) groups is 1. The molecule has 22 heavy (non-hydrogen) atoms. The summed E-state index contributed by atoms with van der Waals surface area (Å²) in [5.41, 5.74) is 7.71. The fourth-order valence-electron chi connectivity index (χ4n) is 2.28. The molecule has 0 saturated carbocycles. The van der Waals surface area contributed by atoms with Crippen LogP contribution >= 0.6 is 11.6 Å². The van der Waals surface area contributed by atoms with Gasteiger partial charge in [0.15, 0.2) is 0 Å². The molecule has 0 aliphatic carbocycles. The molecule has 0 aliphatic rings. The van der Waals surface area contributed by atoms with E-state index in [2.05, 4.69) is 22.4 Å². The third-order valence-electron chi connectivity index (χ3n) is 3.52. The normalized spacial score (nSPS) is 12.1. The number of aromatic nitrogens is 2. The minimum atomic E-state index is -0.171. The van der Waals surface area contributed by atoms with Crippen molar-refractivity contribution in [2.45, 2.75) is 32.2 Å². The average Bonchev–Trinajstić information content (AvgIpc) is 3.01. The molecule has 5 nitrogen and oxygen atoms in total. The Bertz CT molecular complexity index is 626. The minimum Gasteiger partial charge on any atom is -0.348 e. The Morgan fingerprint density at radius 2 is 2.32 bits per heavy atom. The van der Waals surface area contributed by atoms with Crippen molar-refractivity contribution in [3.05, 3.63) is 41.0 Å². The van der Waals surface area contributed by atoms with Crippen LogP contribution in [-0.4, -0.2) is 28.7 Å². The molecular weight excluding hydrogens is 300 g/mol. The predicted octanol–water partition coefficient (Wildman–Crippen LogP) is 2.98. The Kier molecular flexibility index (Phi) is 5.98. The highest BCUT2D eigenvalue weighted by Crippen LogP contribution is 2.24. The summed E-state index contributed by atoms with van der Waals surface area (Å²) in [6, 6.07) is 7.28.